The minimum Gasteiger partial charge on any atom is -0.481 e. The summed E-state index contributed by atoms with van der Waals surface area (Å²) in [6.07, 6.45) is 1.50. The summed E-state index contributed by atoms with van der Waals surface area (Å²) in [5.74, 6) is -1.58. The van der Waals surface area contributed by atoms with Crippen LogP contribution < -0.4 is 0 Å². The number of carbonyl (C=O) groups excluding carboxylic acids is 1. The van der Waals surface area contributed by atoms with Gasteiger partial charge in [-0.15, -0.1) is 0 Å². The van der Waals surface area contributed by atoms with E-state index in [2.05, 4.69) is 4.98 Å². The average Bonchev–Trinajstić information content (AvgIpc) is 2.82. The number of carboxylic acid groups (broad SMARTS) is 1. The molecule has 0 unspecified atom stereocenters. The van der Waals surface area contributed by atoms with Gasteiger partial charge < -0.3 is 9.84 Å². The average molecular weight is 292 g/mol. The minimum atomic E-state index is -0.920. The molecule has 6 heteroatoms. The molecule has 0 aliphatic carbocycles. The fourth-order valence-electron chi connectivity index (χ4n) is 2.49. The molecular weight excluding hydrogens is 272 g/mol. The maximum Gasteiger partial charge on any atom is 0.410 e. The van der Waals surface area contributed by atoms with Crippen molar-refractivity contribution in [2.24, 2.45) is 5.92 Å². The highest BCUT2D eigenvalue weighted by Gasteiger charge is 2.44. The van der Waals surface area contributed by atoms with Gasteiger partial charge in [-0.2, -0.15) is 0 Å². The number of aromatic nitrogens is 1. The Morgan fingerprint density at radius 2 is 2.10 bits per heavy atom. The van der Waals surface area contributed by atoms with Crippen LogP contribution in [-0.2, 0) is 9.53 Å². The van der Waals surface area contributed by atoms with Crippen molar-refractivity contribution in [2.45, 2.75) is 38.8 Å². The molecule has 0 radical (unpaired) electrons. The lowest BCUT2D eigenvalue weighted by molar-refractivity contribution is -0.142. The van der Waals surface area contributed by atoms with Crippen molar-refractivity contribution in [3.05, 3.63) is 30.1 Å². The van der Waals surface area contributed by atoms with Gasteiger partial charge in [0.1, 0.15) is 5.60 Å². The van der Waals surface area contributed by atoms with E-state index < -0.39 is 29.6 Å². The van der Waals surface area contributed by atoms with Gasteiger partial charge in [0.05, 0.1) is 17.7 Å². The monoisotopic (exact) mass is 292 g/mol. The van der Waals surface area contributed by atoms with Crippen LogP contribution in [0.1, 0.15) is 38.9 Å². The molecule has 2 heterocycles. The zero-order chi connectivity index (χ0) is 15.6. The zero-order valence-electron chi connectivity index (χ0n) is 12.4. The van der Waals surface area contributed by atoms with E-state index >= 15 is 0 Å². The molecule has 21 heavy (non-hydrogen) atoms. The molecule has 2 rings (SSSR count). The standard InChI is InChI=1S/C15H20N2O4/c1-15(2,3)21-14(20)17-9-7-10(13(18)19)12(17)11-6-4-5-8-16-11/h4-6,8,10,12H,7,9H2,1-3H3,(H,18,19)/t10-,12+/m1/s1. The van der Waals surface area contributed by atoms with E-state index in [0.29, 0.717) is 18.7 Å². The van der Waals surface area contributed by atoms with Crippen molar-refractivity contribution in [3.63, 3.8) is 0 Å². The lowest BCUT2D eigenvalue weighted by atomic mass is 9.97. The zero-order valence-corrected chi connectivity index (χ0v) is 12.4. The van der Waals surface area contributed by atoms with Gasteiger partial charge in [-0.1, -0.05) is 6.07 Å². The van der Waals surface area contributed by atoms with Crippen molar-refractivity contribution in [3.8, 4) is 0 Å². The summed E-state index contributed by atoms with van der Waals surface area (Å²) in [4.78, 5) is 29.4. The van der Waals surface area contributed by atoms with Gasteiger partial charge in [-0.05, 0) is 39.3 Å². The number of hydrogen-bond acceptors (Lipinski definition) is 4. The number of carbonyl (C=O) groups is 2. The summed E-state index contributed by atoms with van der Waals surface area (Å²) in [7, 11) is 0. The van der Waals surface area contributed by atoms with Gasteiger partial charge >= 0.3 is 12.1 Å². The lowest BCUT2D eigenvalue weighted by Gasteiger charge is -2.29. The number of rotatable bonds is 2. The molecule has 0 bridgehead atoms. The Morgan fingerprint density at radius 1 is 1.38 bits per heavy atom. The van der Waals surface area contributed by atoms with E-state index in [1.54, 1.807) is 45.2 Å². The fourth-order valence-corrected chi connectivity index (χ4v) is 2.49. The molecule has 114 valence electrons. The summed E-state index contributed by atoms with van der Waals surface area (Å²) in [6, 6.07) is 4.70. The Balaban J connectivity index is 2.28. The lowest BCUT2D eigenvalue weighted by Crippen LogP contribution is -2.38. The normalized spacial score (nSPS) is 22.1. The number of amides is 1. The number of pyridine rings is 1. The van der Waals surface area contributed by atoms with Gasteiger partial charge in [-0.25, -0.2) is 4.79 Å². The van der Waals surface area contributed by atoms with Crippen LogP contribution in [0.5, 0.6) is 0 Å². The Kier molecular flexibility index (Phi) is 4.16. The van der Waals surface area contributed by atoms with Crippen LogP contribution in [0.4, 0.5) is 4.79 Å². The smallest absolute Gasteiger partial charge is 0.410 e. The largest absolute Gasteiger partial charge is 0.481 e. The Hall–Kier alpha value is -2.11. The van der Waals surface area contributed by atoms with Crippen LogP contribution in [0.25, 0.3) is 0 Å². The Morgan fingerprint density at radius 3 is 2.62 bits per heavy atom. The molecule has 0 spiro atoms. The maximum absolute atomic E-state index is 12.3. The molecule has 1 aromatic heterocycles. The van der Waals surface area contributed by atoms with Crippen LogP contribution >= 0.6 is 0 Å². The highest BCUT2D eigenvalue weighted by atomic mass is 16.6. The molecule has 1 aliphatic rings. The summed E-state index contributed by atoms with van der Waals surface area (Å²) < 4.78 is 5.37. The van der Waals surface area contributed by atoms with Crippen LogP contribution in [0.15, 0.2) is 24.4 Å². The molecule has 1 fully saturated rings. The van der Waals surface area contributed by atoms with E-state index in [1.165, 1.54) is 4.90 Å². The summed E-state index contributed by atoms with van der Waals surface area (Å²) >= 11 is 0. The number of hydrogen-bond donors (Lipinski definition) is 1. The topological polar surface area (TPSA) is 79.7 Å². The predicted octanol–water partition coefficient (Wildman–Crippen LogP) is 2.46. The summed E-state index contributed by atoms with van der Waals surface area (Å²) in [5.41, 5.74) is -0.0409. The van der Waals surface area contributed by atoms with E-state index in [9.17, 15) is 14.7 Å². The Labute approximate surface area is 123 Å². The second-order valence-corrected chi connectivity index (χ2v) is 6.11. The number of likely N-dealkylation sites (tertiary alicyclic amines) is 1. The van der Waals surface area contributed by atoms with Crippen molar-refractivity contribution < 1.29 is 19.4 Å². The molecule has 1 saturated heterocycles. The third-order valence-corrected chi connectivity index (χ3v) is 3.33. The fraction of sp³-hybridized carbons (Fsp3) is 0.533. The Bertz CT molecular complexity index is 524. The number of nitrogens with zero attached hydrogens (tertiary/aromatic N) is 2. The first-order chi connectivity index (χ1) is 9.79. The van der Waals surface area contributed by atoms with Gasteiger partial charge in [0.15, 0.2) is 0 Å². The molecular formula is C15H20N2O4. The van der Waals surface area contributed by atoms with Crippen molar-refractivity contribution in [2.75, 3.05) is 6.54 Å². The van der Waals surface area contributed by atoms with E-state index in [-0.39, 0.29) is 0 Å². The van der Waals surface area contributed by atoms with Crippen LogP contribution in [0.2, 0.25) is 0 Å². The molecule has 1 N–H and O–H groups in total. The van der Waals surface area contributed by atoms with Crippen molar-refractivity contribution in [1.82, 2.24) is 9.88 Å². The van der Waals surface area contributed by atoms with Crippen LogP contribution in [0, 0.1) is 5.92 Å². The van der Waals surface area contributed by atoms with Gasteiger partial charge in [-0.3, -0.25) is 14.7 Å². The van der Waals surface area contributed by atoms with E-state index in [0.717, 1.165) is 0 Å². The summed E-state index contributed by atoms with van der Waals surface area (Å²) in [6.45, 7) is 5.70. The van der Waals surface area contributed by atoms with Crippen LogP contribution in [-0.4, -0.2) is 39.2 Å². The van der Waals surface area contributed by atoms with Crippen molar-refractivity contribution >= 4 is 12.1 Å². The van der Waals surface area contributed by atoms with Gasteiger partial charge in [0, 0.05) is 12.7 Å². The third-order valence-electron chi connectivity index (χ3n) is 3.33. The number of ether oxygens (including phenoxy) is 1. The molecule has 6 nitrogen and oxygen atoms in total. The van der Waals surface area contributed by atoms with Crippen molar-refractivity contribution in [1.29, 1.82) is 0 Å². The second-order valence-electron chi connectivity index (χ2n) is 6.11. The maximum atomic E-state index is 12.3. The highest BCUT2D eigenvalue weighted by molar-refractivity contribution is 5.75. The van der Waals surface area contributed by atoms with E-state index in [4.69, 9.17) is 4.74 Å². The van der Waals surface area contributed by atoms with Gasteiger partial charge in [0.2, 0.25) is 0 Å². The molecule has 1 amide bonds. The first kappa shape index (κ1) is 15.3. The molecule has 1 aliphatic heterocycles. The highest BCUT2D eigenvalue weighted by Crippen LogP contribution is 2.37. The predicted molar refractivity (Wildman–Crippen MR) is 75.7 cm³/mol. The first-order valence-corrected chi connectivity index (χ1v) is 6.93. The van der Waals surface area contributed by atoms with Crippen LogP contribution in [0.3, 0.4) is 0 Å². The van der Waals surface area contributed by atoms with E-state index in [1.807, 2.05) is 0 Å². The first-order valence-electron chi connectivity index (χ1n) is 6.93. The minimum absolute atomic E-state index is 0.354. The van der Waals surface area contributed by atoms with Gasteiger partial charge in [0.25, 0.3) is 0 Å². The number of carboxylic acids is 1. The quantitative estimate of drug-likeness (QED) is 0.905. The second kappa shape index (κ2) is 5.71. The molecule has 0 saturated carbocycles. The molecule has 0 aromatic carbocycles. The number of aliphatic carboxylic acids is 1. The molecule has 1 aromatic rings. The summed E-state index contributed by atoms with van der Waals surface area (Å²) in [5, 5.41) is 9.37. The molecule has 2 atom stereocenters. The third kappa shape index (κ3) is 3.51. The SMILES string of the molecule is CC(C)(C)OC(=O)N1CC[C@@H](C(=O)O)[C@H]1c1ccccn1.